The van der Waals surface area contributed by atoms with Crippen molar-refractivity contribution in [2.45, 2.75) is 46.1 Å². The normalized spacial score (nSPS) is 18.7. The highest BCUT2D eigenvalue weighted by Crippen LogP contribution is 2.24. The third-order valence-electron chi connectivity index (χ3n) is 3.74. The highest BCUT2D eigenvalue weighted by molar-refractivity contribution is 5.90. The largest absolute Gasteiger partial charge is 0.473 e. The number of hydrogen-bond acceptors (Lipinski definition) is 3. The number of carbonyl (C=O) groups excluding carboxylic acids is 1. The standard InChI is InChI=1S/C16H25N3O2/c1-4-13-7-6-10-19(11-13)16(20)18-14-8-5-9-17-15(14)21-12(2)3/h5,8-9,12-13H,4,6-7,10-11H2,1-3H3,(H,18,20). The fraction of sp³-hybridized carbons (Fsp3) is 0.625. The van der Waals surface area contributed by atoms with Crippen LogP contribution in [0.1, 0.15) is 40.0 Å². The lowest BCUT2D eigenvalue weighted by atomic mass is 9.96. The van der Waals surface area contributed by atoms with E-state index in [1.807, 2.05) is 24.8 Å². The summed E-state index contributed by atoms with van der Waals surface area (Å²) in [5, 5.41) is 2.93. The second kappa shape index (κ2) is 7.29. The molecule has 1 aromatic rings. The predicted octanol–water partition coefficient (Wildman–Crippen LogP) is 3.52. The maximum absolute atomic E-state index is 12.4. The summed E-state index contributed by atoms with van der Waals surface area (Å²) >= 11 is 0. The minimum atomic E-state index is -0.0604. The number of piperidine rings is 1. The number of pyridine rings is 1. The lowest BCUT2D eigenvalue weighted by Gasteiger charge is -2.32. The van der Waals surface area contributed by atoms with Gasteiger partial charge in [-0.1, -0.05) is 13.3 Å². The first-order chi connectivity index (χ1) is 10.1. The van der Waals surface area contributed by atoms with Crippen molar-refractivity contribution < 1.29 is 9.53 Å². The zero-order chi connectivity index (χ0) is 15.2. The molecule has 1 aromatic heterocycles. The average Bonchev–Trinajstić information content (AvgIpc) is 2.48. The summed E-state index contributed by atoms with van der Waals surface area (Å²) in [7, 11) is 0. The Labute approximate surface area is 126 Å². The van der Waals surface area contributed by atoms with Crippen LogP contribution >= 0.6 is 0 Å². The Morgan fingerprint density at radius 2 is 2.38 bits per heavy atom. The molecule has 5 heteroatoms. The van der Waals surface area contributed by atoms with Crippen molar-refractivity contribution in [1.29, 1.82) is 0 Å². The zero-order valence-corrected chi connectivity index (χ0v) is 13.1. The Bertz CT molecular complexity index is 476. The minimum Gasteiger partial charge on any atom is -0.473 e. The van der Waals surface area contributed by atoms with E-state index in [0.717, 1.165) is 25.9 Å². The van der Waals surface area contributed by atoms with Crippen molar-refractivity contribution in [3.8, 4) is 5.88 Å². The van der Waals surface area contributed by atoms with E-state index in [9.17, 15) is 4.79 Å². The van der Waals surface area contributed by atoms with Gasteiger partial charge in [0.25, 0.3) is 0 Å². The van der Waals surface area contributed by atoms with Gasteiger partial charge in [0.1, 0.15) is 5.69 Å². The van der Waals surface area contributed by atoms with Crippen LogP contribution in [0.2, 0.25) is 0 Å². The topological polar surface area (TPSA) is 54.5 Å². The van der Waals surface area contributed by atoms with Crippen molar-refractivity contribution in [3.63, 3.8) is 0 Å². The first kappa shape index (κ1) is 15.6. The molecule has 116 valence electrons. The molecular formula is C16H25N3O2. The number of rotatable bonds is 4. The van der Waals surface area contributed by atoms with Crippen LogP contribution < -0.4 is 10.1 Å². The number of anilines is 1. The average molecular weight is 291 g/mol. The highest BCUT2D eigenvalue weighted by atomic mass is 16.5. The van der Waals surface area contributed by atoms with E-state index in [0.29, 0.717) is 17.5 Å². The van der Waals surface area contributed by atoms with Crippen LogP contribution in [-0.4, -0.2) is 35.1 Å². The number of hydrogen-bond donors (Lipinski definition) is 1. The monoisotopic (exact) mass is 291 g/mol. The molecule has 1 aliphatic rings. The highest BCUT2D eigenvalue weighted by Gasteiger charge is 2.23. The van der Waals surface area contributed by atoms with Crippen LogP contribution in [0.3, 0.4) is 0 Å². The van der Waals surface area contributed by atoms with Crippen molar-refractivity contribution in [2.75, 3.05) is 18.4 Å². The molecule has 21 heavy (non-hydrogen) atoms. The first-order valence-electron chi connectivity index (χ1n) is 7.77. The van der Waals surface area contributed by atoms with E-state index in [-0.39, 0.29) is 12.1 Å². The molecule has 0 spiro atoms. The summed E-state index contributed by atoms with van der Waals surface area (Å²) < 4.78 is 5.63. The lowest BCUT2D eigenvalue weighted by Crippen LogP contribution is -2.42. The van der Waals surface area contributed by atoms with Gasteiger partial charge in [0.15, 0.2) is 0 Å². The third kappa shape index (κ3) is 4.34. The molecule has 1 N–H and O–H groups in total. The number of carbonyl (C=O) groups is 1. The number of urea groups is 1. The van der Waals surface area contributed by atoms with Crippen LogP contribution in [0.5, 0.6) is 5.88 Å². The van der Waals surface area contributed by atoms with E-state index >= 15 is 0 Å². The molecule has 2 amide bonds. The van der Waals surface area contributed by atoms with Crippen LogP contribution in [0.25, 0.3) is 0 Å². The molecule has 0 saturated carbocycles. The SMILES string of the molecule is CCC1CCCN(C(=O)Nc2cccnc2OC(C)C)C1. The molecule has 1 fully saturated rings. The van der Waals surface area contributed by atoms with Gasteiger partial charge in [-0.25, -0.2) is 9.78 Å². The Kier molecular flexibility index (Phi) is 5.42. The number of nitrogens with one attached hydrogen (secondary N) is 1. The predicted molar refractivity (Wildman–Crippen MR) is 83.6 cm³/mol. The van der Waals surface area contributed by atoms with E-state index in [1.165, 1.54) is 6.42 Å². The number of amides is 2. The molecule has 1 saturated heterocycles. The fourth-order valence-electron chi connectivity index (χ4n) is 2.58. The van der Waals surface area contributed by atoms with Crippen LogP contribution in [0.15, 0.2) is 18.3 Å². The first-order valence-corrected chi connectivity index (χ1v) is 7.77. The van der Waals surface area contributed by atoms with Crippen LogP contribution in [-0.2, 0) is 0 Å². The number of nitrogens with zero attached hydrogens (tertiary/aromatic N) is 2. The van der Waals surface area contributed by atoms with Gasteiger partial charge in [-0.05, 0) is 44.7 Å². The van der Waals surface area contributed by atoms with Crippen molar-refractivity contribution in [3.05, 3.63) is 18.3 Å². The van der Waals surface area contributed by atoms with E-state index in [1.54, 1.807) is 12.3 Å². The third-order valence-corrected chi connectivity index (χ3v) is 3.74. The summed E-state index contributed by atoms with van der Waals surface area (Å²) in [5.74, 6) is 1.09. The van der Waals surface area contributed by atoms with Gasteiger partial charge in [-0.3, -0.25) is 0 Å². The molecule has 1 unspecified atom stereocenters. The smallest absolute Gasteiger partial charge is 0.322 e. The Hall–Kier alpha value is -1.78. The van der Waals surface area contributed by atoms with E-state index < -0.39 is 0 Å². The van der Waals surface area contributed by atoms with Gasteiger partial charge in [-0.2, -0.15) is 0 Å². The summed E-state index contributed by atoms with van der Waals surface area (Å²) in [4.78, 5) is 18.5. The van der Waals surface area contributed by atoms with Gasteiger partial charge in [0.2, 0.25) is 5.88 Å². The minimum absolute atomic E-state index is 0.0232. The van der Waals surface area contributed by atoms with Gasteiger partial charge >= 0.3 is 6.03 Å². The molecule has 0 radical (unpaired) electrons. The number of likely N-dealkylation sites (tertiary alicyclic amines) is 1. The van der Waals surface area contributed by atoms with Crippen LogP contribution in [0.4, 0.5) is 10.5 Å². The van der Waals surface area contributed by atoms with Crippen molar-refractivity contribution in [2.24, 2.45) is 5.92 Å². The van der Waals surface area contributed by atoms with E-state index in [2.05, 4.69) is 17.2 Å². The summed E-state index contributed by atoms with van der Waals surface area (Å²) in [6.45, 7) is 7.72. The zero-order valence-electron chi connectivity index (χ0n) is 13.1. The van der Waals surface area contributed by atoms with Gasteiger partial charge in [0.05, 0.1) is 6.10 Å². The second-order valence-corrected chi connectivity index (χ2v) is 5.82. The van der Waals surface area contributed by atoms with Crippen molar-refractivity contribution >= 4 is 11.7 Å². The molecule has 2 rings (SSSR count). The Balaban J connectivity index is 2.02. The quantitative estimate of drug-likeness (QED) is 0.923. The maximum atomic E-state index is 12.4. The summed E-state index contributed by atoms with van der Waals surface area (Å²) in [5.41, 5.74) is 0.634. The summed E-state index contributed by atoms with van der Waals surface area (Å²) in [6.07, 6.45) is 5.11. The molecule has 0 aromatic carbocycles. The van der Waals surface area contributed by atoms with Gasteiger partial charge < -0.3 is 15.0 Å². The molecule has 5 nitrogen and oxygen atoms in total. The molecule has 0 bridgehead atoms. The van der Waals surface area contributed by atoms with Crippen LogP contribution in [0, 0.1) is 5.92 Å². The lowest BCUT2D eigenvalue weighted by molar-refractivity contribution is 0.175. The Morgan fingerprint density at radius 3 is 3.10 bits per heavy atom. The second-order valence-electron chi connectivity index (χ2n) is 5.82. The van der Waals surface area contributed by atoms with Gasteiger partial charge in [0, 0.05) is 19.3 Å². The summed E-state index contributed by atoms with van der Waals surface area (Å²) in [6, 6.07) is 3.56. The molecule has 1 aliphatic heterocycles. The molecule has 0 aliphatic carbocycles. The maximum Gasteiger partial charge on any atom is 0.322 e. The van der Waals surface area contributed by atoms with E-state index in [4.69, 9.17) is 4.74 Å². The molecule has 1 atom stereocenters. The fourth-order valence-corrected chi connectivity index (χ4v) is 2.58. The van der Waals surface area contributed by atoms with Crippen molar-refractivity contribution in [1.82, 2.24) is 9.88 Å². The number of aromatic nitrogens is 1. The Morgan fingerprint density at radius 1 is 1.57 bits per heavy atom. The molecule has 2 heterocycles. The number of ether oxygens (including phenoxy) is 1. The van der Waals surface area contributed by atoms with Gasteiger partial charge in [-0.15, -0.1) is 0 Å². The molecular weight excluding hydrogens is 266 g/mol.